The van der Waals surface area contributed by atoms with Crippen molar-refractivity contribution in [2.45, 2.75) is 39.2 Å². The van der Waals surface area contributed by atoms with Gasteiger partial charge in [0.1, 0.15) is 6.04 Å². The molecule has 0 radical (unpaired) electrons. The number of aliphatic imine (C=N–C) groups is 1. The molecular weight excluding hydrogens is 411 g/mol. The molecule has 1 heterocycles. The van der Waals surface area contributed by atoms with Crippen LogP contribution in [0.15, 0.2) is 23.2 Å². The highest BCUT2D eigenvalue weighted by atomic mass is 19.4. The van der Waals surface area contributed by atoms with E-state index in [9.17, 15) is 22.0 Å². The molecule has 1 unspecified atom stereocenters. The van der Waals surface area contributed by atoms with Gasteiger partial charge >= 0.3 is 12.8 Å². The van der Waals surface area contributed by atoms with Crippen molar-refractivity contribution in [3.63, 3.8) is 0 Å². The lowest BCUT2D eigenvalue weighted by molar-refractivity contribution is -0.181. The van der Waals surface area contributed by atoms with Gasteiger partial charge in [0.05, 0.1) is 13.7 Å². The van der Waals surface area contributed by atoms with E-state index in [0.717, 1.165) is 6.92 Å². The molecule has 30 heavy (non-hydrogen) atoms. The highest BCUT2D eigenvalue weighted by Crippen LogP contribution is 2.30. The SMILES string of the molecule is CCNC(=NCc1ccc(OC)c(OC(F)F)c1)N1CCN(C(C)C(F)(F)F)CC1. The number of methoxy groups -OCH3 is 1. The van der Waals surface area contributed by atoms with E-state index in [2.05, 4.69) is 15.0 Å². The van der Waals surface area contributed by atoms with E-state index in [1.54, 1.807) is 6.07 Å². The number of ether oxygens (including phenoxy) is 2. The van der Waals surface area contributed by atoms with Crippen LogP contribution < -0.4 is 14.8 Å². The van der Waals surface area contributed by atoms with E-state index in [4.69, 9.17) is 4.74 Å². The Balaban J connectivity index is 2.06. The molecule has 0 aliphatic carbocycles. The molecule has 0 aromatic heterocycles. The topological polar surface area (TPSA) is 49.3 Å². The number of nitrogens with zero attached hydrogens (tertiary/aromatic N) is 3. The summed E-state index contributed by atoms with van der Waals surface area (Å²) in [6, 6.07) is 3.15. The monoisotopic (exact) mass is 438 g/mol. The second-order valence-electron chi connectivity index (χ2n) is 6.77. The molecule has 1 N–H and O–H groups in total. The fraction of sp³-hybridized carbons (Fsp3) is 0.632. The van der Waals surface area contributed by atoms with Crippen LogP contribution in [0, 0.1) is 0 Å². The van der Waals surface area contributed by atoms with Crippen molar-refractivity contribution in [3.8, 4) is 11.5 Å². The molecule has 6 nitrogen and oxygen atoms in total. The van der Waals surface area contributed by atoms with Crippen LogP contribution in [0.3, 0.4) is 0 Å². The molecule has 0 bridgehead atoms. The van der Waals surface area contributed by atoms with Gasteiger partial charge in [-0.2, -0.15) is 22.0 Å². The molecular formula is C19H27F5N4O2. The first kappa shape index (κ1) is 24.0. The molecule has 1 aromatic rings. The number of piperazine rings is 1. The molecule has 1 aliphatic rings. The summed E-state index contributed by atoms with van der Waals surface area (Å²) >= 11 is 0. The van der Waals surface area contributed by atoms with Crippen LogP contribution in [0.5, 0.6) is 11.5 Å². The number of halogens is 5. The van der Waals surface area contributed by atoms with E-state index in [1.807, 2.05) is 11.8 Å². The van der Waals surface area contributed by atoms with Gasteiger partial charge in [0.15, 0.2) is 17.5 Å². The third kappa shape index (κ3) is 6.61. The Morgan fingerprint density at radius 2 is 1.83 bits per heavy atom. The van der Waals surface area contributed by atoms with Gasteiger partial charge in [0.25, 0.3) is 0 Å². The van der Waals surface area contributed by atoms with Crippen LogP contribution in [0.1, 0.15) is 19.4 Å². The number of rotatable bonds is 7. The molecule has 0 saturated carbocycles. The van der Waals surface area contributed by atoms with Gasteiger partial charge in [0.2, 0.25) is 0 Å². The van der Waals surface area contributed by atoms with Crippen molar-refractivity contribution in [2.75, 3.05) is 39.8 Å². The minimum absolute atomic E-state index is 0.0834. The summed E-state index contributed by atoms with van der Waals surface area (Å²) in [7, 11) is 1.36. The quantitative estimate of drug-likeness (QED) is 0.402. The maximum absolute atomic E-state index is 12.9. The molecule has 1 atom stereocenters. The first-order valence-electron chi connectivity index (χ1n) is 9.61. The number of hydrogen-bond donors (Lipinski definition) is 1. The standard InChI is InChI=1S/C19H27F5N4O2/c1-4-25-18(28-9-7-27(8-10-28)13(2)19(22,23)24)26-12-14-5-6-15(29-3)16(11-14)30-17(20)21/h5-6,11,13,17H,4,7-10,12H2,1-3H3,(H,25,26). The van der Waals surface area contributed by atoms with Crippen molar-refractivity contribution in [3.05, 3.63) is 23.8 Å². The third-order valence-electron chi connectivity index (χ3n) is 4.83. The van der Waals surface area contributed by atoms with Crippen LogP contribution >= 0.6 is 0 Å². The summed E-state index contributed by atoms with van der Waals surface area (Å²) in [6.07, 6.45) is -4.26. The fourth-order valence-corrected chi connectivity index (χ4v) is 3.13. The van der Waals surface area contributed by atoms with Crippen LogP contribution in [-0.2, 0) is 6.54 Å². The summed E-state index contributed by atoms with van der Waals surface area (Å²) in [5.41, 5.74) is 0.631. The van der Waals surface area contributed by atoms with Crippen molar-refractivity contribution >= 4 is 5.96 Å². The predicted molar refractivity (Wildman–Crippen MR) is 103 cm³/mol. The first-order chi connectivity index (χ1) is 14.2. The Morgan fingerprint density at radius 3 is 2.37 bits per heavy atom. The Morgan fingerprint density at radius 1 is 1.17 bits per heavy atom. The zero-order valence-electron chi connectivity index (χ0n) is 17.2. The molecule has 1 aliphatic heterocycles. The zero-order chi connectivity index (χ0) is 22.3. The normalized spacial score (nSPS) is 17.2. The lowest BCUT2D eigenvalue weighted by atomic mass is 10.2. The maximum Gasteiger partial charge on any atom is 0.403 e. The maximum atomic E-state index is 12.9. The minimum atomic E-state index is -4.26. The van der Waals surface area contributed by atoms with E-state index >= 15 is 0 Å². The number of hydrogen-bond acceptors (Lipinski definition) is 4. The van der Waals surface area contributed by atoms with Crippen molar-refractivity contribution < 1.29 is 31.4 Å². The molecule has 1 saturated heterocycles. The average Bonchev–Trinajstić information content (AvgIpc) is 2.69. The Kier molecular flexibility index (Phi) is 8.51. The fourth-order valence-electron chi connectivity index (χ4n) is 3.13. The van der Waals surface area contributed by atoms with E-state index < -0.39 is 18.8 Å². The number of alkyl halides is 5. The lowest BCUT2D eigenvalue weighted by Gasteiger charge is -2.39. The van der Waals surface area contributed by atoms with Gasteiger partial charge in [-0.3, -0.25) is 4.90 Å². The van der Waals surface area contributed by atoms with Crippen LogP contribution in [0.25, 0.3) is 0 Å². The molecule has 1 fully saturated rings. The lowest BCUT2D eigenvalue weighted by Crippen LogP contribution is -2.56. The highest BCUT2D eigenvalue weighted by molar-refractivity contribution is 5.80. The molecule has 170 valence electrons. The first-order valence-corrected chi connectivity index (χ1v) is 9.61. The van der Waals surface area contributed by atoms with E-state index in [1.165, 1.54) is 24.1 Å². The van der Waals surface area contributed by atoms with Gasteiger partial charge in [0, 0.05) is 32.7 Å². The summed E-state index contributed by atoms with van der Waals surface area (Å²) in [6.45, 7) is 2.16. The number of nitrogens with one attached hydrogen (secondary N) is 1. The van der Waals surface area contributed by atoms with Gasteiger partial charge in [-0.05, 0) is 31.5 Å². The van der Waals surface area contributed by atoms with E-state index in [0.29, 0.717) is 31.2 Å². The summed E-state index contributed by atoms with van der Waals surface area (Å²) < 4.78 is 73.5. The highest BCUT2D eigenvalue weighted by Gasteiger charge is 2.41. The van der Waals surface area contributed by atoms with Crippen molar-refractivity contribution in [1.29, 1.82) is 0 Å². The van der Waals surface area contributed by atoms with Gasteiger partial charge in [-0.25, -0.2) is 4.99 Å². The van der Waals surface area contributed by atoms with Gasteiger partial charge < -0.3 is 19.7 Å². The molecule has 0 spiro atoms. The zero-order valence-corrected chi connectivity index (χ0v) is 17.2. The second-order valence-corrected chi connectivity index (χ2v) is 6.77. The van der Waals surface area contributed by atoms with Crippen LogP contribution in [-0.4, -0.2) is 74.4 Å². The van der Waals surface area contributed by atoms with Crippen molar-refractivity contribution in [1.82, 2.24) is 15.1 Å². The van der Waals surface area contributed by atoms with Crippen LogP contribution in [0.4, 0.5) is 22.0 Å². The molecule has 0 amide bonds. The van der Waals surface area contributed by atoms with Crippen molar-refractivity contribution in [2.24, 2.45) is 4.99 Å². The Hall–Kier alpha value is -2.30. The van der Waals surface area contributed by atoms with Gasteiger partial charge in [-0.1, -0.05) is 6.07 Å². The molecule has 1 aromatic carbocycles. The molecule has 2 rings (SSSR count). The predicted octanol–water partition coefficient (Wildman–Crippen LogP) is 3.33. The largest absolute Gasteiger partial charge is 0.493 e. The molecule has 11 heteroatoms. The van der Waals surface area contributed by atoms with E-state index in [-0.39, 0.29) is 31.1 Å². The Bertz CT molecular complexity index is 707. The Labute approximate surface area is 172 Å². The summed E-state index contributed by atoms with van der Waals surface area (Å²) in [5, 5.41) is 3.13. The summed E-state index contributed by atoms with van der Waals surface area (Å²) in [4.78, 5) is 7.80. The number of benzene rings is 1. The average molecular weight is 438 g/mol. The minimum Gasteiger partial charge on any atom is -0.493 e. The summed E-state index contributed by atoms with van der Waals surface area (Å²) in [5.74, 6) is 0.661. The smallest absolute Gasteiger partial charge is 0.403 e. The number of guanidine groups is 1. The second kappa shape index (κ2) is 10.6. The third-order valence-corrected chi connectivity index (χ3v) is 4.83. The van der Waals surface area contributed by atoms with Crippen LogP contribution in [0.2, 0.25) is 0 Å². The van der Waals surface area contributed by atoms with Gasteiger partial charge in [-0.15, -0.1) is 0 Å².